The van der Waals surface area contributed by atoms with Crippen LogP contribution in [0.5, 0.6) is 0 Å². The third-order valence-corrected chi connectivity index (χ3v) is 6.51. The summed E-state index contributed by atoms with van der Waals surface area (Å²) in [5, 5.41) is 1.00. The topological polar surface area (TPSA) is 90.9 Å². The lowest BCUT2D eigenvalue weighted by Gasteiger charge is -2.32. The zero-order valence-electron chi connectivity index (χ0n) is 16.2. The van der Waals surface area contributed by atoms with Crippen molar-refractivity contribution in [3.63, 3.8) is 0 Å². The van der Waals surface area contributed by atoms with Crippen molar-refractivity contribution in [3.05, 3.63) is 29.3 Å². The molecule has 0 bridgehead atoms. The molecule has 5 amide bonds. The number of nitrogens with zero attached hydrogens (tertiary/aromatic N) is 4. The first-order valence-electron chi connectivity index (χ1n) is 9.80. The van der Waals surface area contributed by atoms with E-state index in [9.17, 15) is 19.2 Å². The van der Waals surface area contributed by atoms with Crippen LogP contribution in [0.1, 0.15) is 37.1 Å². The molecule has 1 aromatic heterocycles. The van der Waals surface area contributed by atoms with Crippen molar-refractivity contribution < 1.29 is 19.2 Å². The van der Waals surface area contributed by atoms with E-state index in [1.54, 1.807) is 16.2 Å². The summed E-state index contributed by atoms with van der Waals surface area (Å²) >= 11 is 1.64. The smallest absolute Gasteiger partial charge is 0.334 e. The number of carbonyl (C=O) groups is 4. The molecule has 4 rings (SSSR count). The highest BCUT2D eigenvalue weighted by Gasteiger charge is 2.45. The normalized spacial score (nSPS) is 20.2. The Labute approximate surface area is 172 Å². The summed E-state index contributed by atoms with van der Waals surface area (Å²) in [5.74, 6) is -1.95. The lowest BCUT2D eigenvalue weighted by atomic mass is 9.98. The summed E-state index contributed by atoms with van der Waals surface area (Å²) in [6.07, 6.45) is 2.32. The Hall–Kier alpha value is -2.81. The van der Waals surface area contributed by atoms with E-state index in [1.165, 1.54) is 0 Å². The van der Waals surface area contributed by atoms with Crippen LogP contribution in [0.3, 0.4) is 0 Å². The molecule has 3 heterocycles. The second-order valence-electron chi connectivity index (χ2n) is 7.33. The minimum absolute atomic E-state index is 0.133. The first-order chi connectivity index (χ1) is 14.0. The van der Waals surface area contributed by atoms with Gasteiger partial charge in [-0.15, -0.1) is 11.3 Å². The number of likely N-dealkylation sites (tertiary alicyclic amines) is 1. The Balaban J connectivity index is 1.44. The SMILES string of the molecule is CCCN1C(=O)C(=O)N(CC(=O)N2CCC[C@H](c3nc4ccccc4s3)C2)C1=O. The molecule has 2 aliphatic heterocycles. The minimum atomic E-state index is -0.920. The fourth-order valence-corrected chi connectivity index (χ4v) is 4.91. The van der Waals surface area contributed by atoms with E-state index < -0.39 is 24.4 Å². The monoisotopic (exact) mass is 414 g/mol. The largest absolute Gasteiger partial charge is 0.340 e. The van der Waals surface area contributed by atoms with Gasteiger partial charge in [0.05, 0.1) is 15.2 Å². The van der Waals surface area contributed by atoms with Crippen LogP contribution in [0, 0.1) is 0 Å². The number of rotatable bonds is 5. The number of thiazole rings is 1. The van der Waals surface area contributed by atoms with Crippen molar-refractivity contribution >= 4 is 45.3 Å². The Morgan fingerprint density at radius 3 is 2.69 bits per heavy atom. The van der Waals surface area contributed by atoms with E-state index in [0.29, 0.717) is 19.5 Å². The number of hydrogen-bond donors (Lipinski definition) is 0. The number of para-hydroxylation sites is 1. The van der Waals surface area contributed by atoms with Gasteiger partial charge in [0.2, 0.25) is 5.91 Å². The molecule has 8 nitrogen and oxygen atoms in total. The van der Waals surface area contributed by atoms with Gasteiger partial charge >= 0.3 is 17.8 Å². The Morgan fingerprint density at radius 1 is 1.17 bits per heavy atom. The van der Waals surface area contributed by atoms with Gasteiger partial charge < -0.3 is 4.90 Å². The third-order valence-electron chi connectivity index (χ3n) is 5.31. The summed E-state index contributed by atoms with van der Waals surface area (Å²) in [4.78, 5) is 57.3. The van der Waals surface area contributed by atoms with Gasteiger partial charge in [-0.1, -0.05) is 19.1 Å². The van der Waals surface area contributed by atoms with Crippen LogP contribution in [-0.4, -0.2) is 69.6 Å². The maximum Gasteiger partial charge on any atom is 0.334 e. The predicted molar refractivity (Wildman–Crippen MR) is 107 cm³/mol. The summed E-state index contributed by atoms with van der Waals surface area (Å²) in [6, 6.07) is 7.25. The Kier molecular flexibility index (Phi) is 5.31. The molecule has 0 unspecified atom stereocenters. The fraction of sp³-hybridized carbons (Fsp3) is 0.450. The van der Waals surface area contributed by atoms with Crippen molar-refractivity contribution in [2.24, 2.45) is 0 Å². The summed E-state index contributed by atoms with van der Waals surface area (Å²) < 4.78 is 1.12. The molecular formula is C20H22N4O4S. The van der Waals surface area contributed by atoms with Gasteiger partial charge in [-0.05, 0) is 31.4 Å². The highest BCUT2D eigenvalue weighted by Crippen LogP contribution is 2.33. The molecule has 0 radical (unpaired) electrons. The lowest BCUT2D eigenvalue weighted by molar-refractivity contribution is -0.145. The maximum absolute atomic E-state index is 12.8. The summed E-state index contributed by atoms with van der Waals surface area (Å²) in [5.41, 5.74) is 0.957. The number of fused-ring (bicyclic) bond motifs is 1. The van der Waals surface area contributed by atoms with Gasteiger partial charge in [-0.3, -0.25) is 19.3 Å². The van der Waals surface area contributed by atoms with Crippen LogP contribution in [0.4, 0.5) is 4.79 Å². The minimum Gasteiger partial charge on any atom is -0.340 e. The molecule has 1 atom stereocenters. The van der Waals surface area contributed by atoms with Gasteiger partial charge in [0.25, 0.3) is 0 Å². The number of amides is 5. The zero-order valence-corrected chi connectivity index (χ0v) is 17.0. The number of piperidine rings is 1. The van der Waals surface area contributed by atoms with E-state index in [4.69, 9.17) is 4.98 Å². The van der Waals surface area contributed by atoms with E-state index in [0.717, 1.165) is 37.9 Å². The average Bonchev–Trinajstić information content (AvgIpc) is 3.25. The van der Waals surface area contributed by atoms with Gasteiger partial charge in [0, 0.05) is 25.6 Å². The van der Waals surface area contributed by atoms with E-state index >= 15 is 0 Å². The van der Waals surface area contributed by atoms with Crippen LogP contribution in [0.2, 0.25) is 0 Å². The first-order valence-corrected chi connectivity index (χ1v) is 10.6. The number of hydrogen-bond acceptors (Lipinski definition) is 6. The van der Waals surface area contributed by atoms with Crippen molar-refractivity contribution in [1.82, 2.24) is 19.7 Å². The first kappa shape index (κ1) is 19.5. The van der Waals surface area contributed by atoms with E-state index in [-0.39, 0.29) is 18.4 Å². The van der Waals surface area contributed by atoms with E-state index in [2.05, 4.69) is 0 Å². The second kappa shape index (κ2) is 7.90. The molecule has 0 aliphatic carbocycles. The molecule has 0 spiro atoms. The highest BCUT2D eigenvalue weighted by molar-refractivity contribution is 7.18. The molecule has 2 fully saturated rings. The molecule has 2 saturated heterocycles. The molecule has 2 aromatic rings. The highest BCUT2D eigenvalue weighted by atomic mass is 32.1. The molecular weight excluding hydrogens is 392 g/mol. The lowest BCUT2D eigenvalue weighted by Crippen LogP contribution is -2.46. The standard InChI is InChI=1S/C20H22N4O4S/c1-2-9-23-18(26)19(27)24(20(23)28)12-16(25)22-10-5-6-13(11-22)17-21-14-7-3-4-8-15(14)29-17/h3-4,7-8,13H,2,5-6,9-12H2,1H3/t13-/m0/s1. The predicted octanol–water partition coefficient (Wildman–Crippen LogP) is 2.20. The van der Waals surface area contributed by atoms with Crippen LogP contribution in [0.25, 0.3) is 10.2 Å². The van der Waals surface area contributed by atoms with E-state index in [1.807, 2.05) is 31.2 Å². The molecule has 9 heteroatoms. The van der Waals surface area contributed by atoms with Gasteiger partial charge in [0.1, 0.15) is 6.54 Å². The maximum atomic E-state index is 12.8. The van der Waals surface area contributed by atoms with Crippen LogP contribution < -0.4 is 0 Å². The Morgan fingerprint density at radius 2 is 1.93 bits per heavy atom. The summed E-state index contributed by atoms with van der Waals surface area (Å²) in [6.45, 7) is 2.67. The van der Waals surface area contributed by atoms with Crippen LogP contribution >= 0.6 is 11.3 Å². The van der Waals surface area contributed by atoms with Crippen LogP contribution in [0.15, 0.2) is 24.3 Å². The van der Waals surface area contributed by atoms with Crippen molar-refractivity contribution in [2.75, 3.05) is 26.2 Å². The molecule has 2 aliphatic rings. The number of carbonyl (C=O) groups excluding carboxylic acids is 4. The quantitative estimate of drug-likeness (QED) is 0.553. The van der Waals surface area contributed by atoms with Gasteiger partial charge in [0.15, 0.2) is 0 Å². The molecule has 152 valence electrons. The van der Waals surface area contributed by atoms with Gasteiger partial charge in [-0.2, -0.15) is 0 Å². The Bertz CT molecular complexity index is 955. The number of urea groups is 1. The third kappa shape index (κ3) is 3.62. The average molecular weight is 414 g/mol. The van der Waals surface area contributed by atoms with Crippen LogP contribution in [-0.2, 0) is 14.4 Å². The summed E-state index contributed by atoms with van der Waals surface area (Å²) in [7, 11) is 0. The van der Waals surface area contributed by atoms with Crippen molar-refractivity contribution in [3.8, 4) is 0 Å². The number of imide groups is 2. The number of aromatic nitrogens is 1. The molecule has 0 saturated carbocycles. The fourth-order valence-electron chi connectivity index (χ4n) is 3.82. The zero-order chi connectivity index (χ0) is 20.5. The molecule has 1 aromatic carbocycles. The number of benzene rings is 1. The van der Waals surface area contributed by atoms with Gasteiger partial charge in [-0.25, -0.2) is 14.7 Å². The second-order valence-corrected chi connectivity index (χ2v) is 8.39. The molecule has 29 heavy (non-hydrogen) atoms. The van der Waals surface area contributed by atoms with Crippen molar-refractivity contribution in [2.45, 2.75) is 32.1 Å². The van der Waals surface area contributed by atoms with Crippen molar-refractivity contribution in [1.29, 1.82) is 0 Å². The molecule has 0 N–H and O–H groups in total.